The Balaban J connectivity index is 3.70. The van der Waals surface area contributed by atoms with E-state index in [2.05, 4.69) is 17.6 Å². The third-order valence-corrected chi connectivity index (χ3v) is 3.43. The van der Waals surface area contributed by atoms with Crippen LogP contribution in [-0.4, -0.2) is 40.8 Å². The molecule has 0 saturated heterocycles. The van der Waals surface area contributed by atoms with Gasteiger partial charge in [0.25, 0.3) is 0 Å². The Labute approximate surface area is 107 Å². The van der Waals surface area contributed by atoms with Crippen molar-refractivity contribution in [1.29, 1.82) is 0 Å². The summed E-state index contributed by atoms with van der Waals surface area (Å²) in [6.07, 6.45) is 4.62. The van der Waals surface area contributed by atoms with Crippen LogP contribution in [0.4, 0.5) is 0 Å². The van der Waals surface area contributed by atoms with Crippen LogP contribution >= 0.6 is 0 Å². The number of hydrogen-bond acceptors (Lipinski definition) is 3. The van der Waals surface area contributed by atoms with Crippen LogP contribution in [-0.2, 0) is 15.6 Å². The molecule has 2 N–H and O–H groups in total. The van der Waals surface area contributed by atoms with E-state index in [0.29, 0.717) is 5.75 Å². The molecule has 4 nitrogen and oxygen atoms in total. The fourth-order valence-corrected chi connectivity index (χ4v) is 2.11. The molecule has 0 bridgehead atoms. The molecule has 0 radical (unpaired) electrons. The van der Waals surface area contributed by atoms with E-state index in [1.54, 1.807) is 6.26 Å². The van der Waals surface area contributed by atoms with Crippen LogP contribution in [0.3, 0.4) is 0 Å². The summed E-state index contributed by atoms with van der Waals surface area (Å²) in [5.41, 5.74) is 0. The highest BCUT2D eigenvalue weighted by atomic mass is 32.2. The van der Waals surface area contributed by atoms with Crippen molar-refractivity contribution in [3.05, 3.63) is 0 Å². The van der Waals surface area contributed by atoms with Crippen molar-refractivity contribution in [2.45, 2.75) is 52.1 Å². The average Bonchev–Trinajstić information content (AvgIpc) is 2.23. The summed E-state index contributed by atoms with van der Waals surface area (Å²) >= 11 is 0. The molecule has 0 fully saturated rings. The topological polar surface area (TPSA) is 58.2 Å². The van der Waals surface area contributed by atoms with Crippen molar-refractivity contribution in [3.8, 4) is 0 Å². The lowest BCUT2D eigenvalue weighted by Crippen LogP contribution is -2.45. The average molecular weight is 262 g/mol. The molecule has 0 aliphatic rings. The summed E-state index contributed by atoms with van der Waals surface area (Å²) in [4.78, 5) is 11.7. The normalized spacial score (nSPS) is 16.2. The van der Waals surface area contributed by atoms with Crippen LogP contribution in [0.1, 0.15) is 40.0 Å². The smallest absolute Gasteiger partial charge is 0.237 e. The molecule has 5 heteroatoms. The molecule has 0 rings (SSSR count). The molecule has 17 heavy (non-hydrogen) atoms. The van der Waals surface area contributed by atoms with E-state index in [9.17, 15) is 9.00 Å². The molecule has 0 aromatic rings. The van der Waals surface area contributed by atoms with Gasteiger partial charge in [0.2, 0.25) is 5.91 Å². The van der Waals surface area contributed by atoms with E-state index in [1.165, 1.54) is 0 Å². The van der Waals surface area contributed by atoms with Gasteiger partial charge < -0.3 is 10.6 Å². The summed E-state index contributed by atoms with van der Waals surface area (Å²) in [6.45, 7) is 6.72. The summed E-state index contributed by atoms with van der Waals surface area (Å²) in [5, 5.41) is 6.11. The van der Waals surface area contributed by atoms with Crippen LogP contribution in [0.2, 0.25) is 0 Å². The molecular weight excluding hydrogens is 236 g/mol. The maximum absolute atomic E-state index is 11.7. The van der Waals surface area contributed by atoms with Gasteiger partial charge in [0.05, 0.1) is 6.04 Å². The zero-order valence-electron chi connectivity index (χ0n) is 11.4. The van der Waals surface area contributed by atoms with E-state index in [1.807, 2.05) is 13.8 Å². The molecule has 0 aliphatic carbocycles. The van der Waals surface area contributed by atoms with Crippen LogP contribution in [0.5, 0.6) is 0 Å². The van der Waals surface area contributed by atoms with Gasteiger partial charge in [-0.05, 0) is 33.2 Å². The minimum absolute atomic E-state index is 0.0450. The third-order valence-electron chi connectivity index (χ3n) is 2.56. The Morgan fingerprint density at radius 1 is 1.35 bits per heavy atom. The Hall–Kier alpha value is -0.420. The highest BCUT2D eigenvalue weighted by Gasteiger charge is 2.13. The largest absolute Gasteiger partial charge is 0.352 e. The second-order valence-corrected chi connectivity index (χ2v) is 6.06. The van der Waals surface area contributed by atoms with Crippen molar-refractivity contribution in [2.24, 2.45) is 0 Å². The lowest BCUT2D eigenvalue weighted by molar-refractivity contribution is -0.123. The Morgan fingerprint density at radius 3 is 2.53 bits per heavy atom. The number of carbonyl (C=O) groups is 1. The molecule has 3 unspecified atom stereocenters. The van der Waals surface area contributed by atoms with Gasteiger partial charge in [-0.15, -0.1) is 0 Å². The first-order valence-corrected chi connectivity index (χ1v) is 8.03. The van der Waals surface area contributed by atoms with E-state index in [4.69, 9.17) is 0 Å². The number of hydrogen-bond donors (Lipinski definition) is 2. The highest BCUT2D eigenvalue weighted by molar-refractivity contribution is 7.84. The van der Waals surface area contributed by atoms with E-state index in [0.717, 1.165) is 25.8 Å². The van der Waals surface area contributed by atoms with Gasteiger partial charge in [-0.3, -0.25) is 9.00 Å². The van der Waals surface area contributed by atoms with Gasteiger partial charge in [-0.1, -0.05) is 13.3 Å². The lowest BCUT2D eigenvalue weighted by Gasteiger charge is -2.18. The molecule has 0 aromatic heterocycles. The van der Waals surface area contributed by atoms with Crippen molar-refractivity contribution < 1.29 is 9.00 Å². The maximum Gasteiger partial charge on any atom is 0.237 e. The Morgan fingerprint density at radius 2 is 2.00 bits per heavy atom. The Bertz CT molecular complexity index is 247. The fourth-order valence-electron chi connectivity index (χ4n) is 1.56. The predicted octanol–water partition coefficient (Wildman–Crippen LogP) is 1.04. The van der Waals surface area contributed by atoms with Crippen LogP contribution < -0.4 is 10.6 Å². The monoisotopic (exact) mass is 262 g/mol. The Kier molecular flexibility index (Phi) is 9.36. The first kappa shape index (κ1) is 16.6. The van der Waals surface area contributed by atoms with E-state index >= 15 is 0 Å². The maximum atomic E-state index is 11.7. The number of rotatable bonds is 9. The first-order chi connectivity index (χ1) is 7.97. The van der Waals surface area contributed by atoms with Crippen molar-refractivity contribution in [3.63, 3.8) is 0 Å². The second-order valence-electron chi connectivity index (χ2n) is 4.50. The molecule has 102 valence electrons. The van der Waals surface area contributed by atoms with Crippen LogP contribution in [0, 0.1) is 0 Å². The minimum Gasteiger partial charge on any atom is -0.352 e. The summed E-state index contributed by atoms with van der Waals surface area (Å²) in [5.74, 6) is 0.733. The number of carbonyl (C=O) groups excluding carboxylic acids is 1. The van der Waals surface area contributed by atoms with E-state index < -0.39 is 10.8 Å². The molecule has 3 atom stereocenters. The quantitative estimate of drug-likeness (QED) is 0.610. The SMILES string of the molecule is CCCC(C)NC(=O)C(C)NCCCS(C)=O. The third kappa shape index (κ3) is 9.30. The standard InChI is InChI=1S/C12H26N2O2S/c1-5-7-10(2)14-12(15)11(3)13-8-6-9-17(4)16/h10-11,13H,5-9H2,1-4H3,(H,14,15). The summed E-state index contributed by atoms with van der Waals surface area (Å²) in [6, 6.07) is 0.0551. The lowest BCUT2D eigenvalue weighted by atomic mass is 10.2. The van der Waals surface area contributed by atoms with Crippen molar-refractivity contribution in [1.82, 2.24) is 10.6 Å². The van der Waals surface area contributed by atoms with Crippen molar-refractivity contribution in [2.75, 3.05) is 18.6 Å². The van der Waals surface area contributed by atoms with Gasteiger partial charge in [-0.25, -0.2) is 0 Å². The molecular formula is C12H26N2O2S. The summed E-state index contributed by atoms with van der Waals surface area (Å²) in [7, 11) is -0.743. The highest BCUT2D eigenvalue weighted by Crippen LogP contribution is 1.95. The number of nitrogens with one attached hydrogen (secondary N) is 2. The van der Waals surface area contributed by atoms with Crippen molar-refractivity contribution >= 4 is 16.7 Å². The first-order valence-electron chi connectivity index (χ1n) is 6.31. The number of amides is 1. The van der Waals surface area contributed by atoms with Gasteiger partial charge >= 0.3 is 0 Å². The van der Waals surface area contributed by atoms with E-state index in [-0.39, 0.29) is 18.0 Å². The molecule has 0 saturated carbocycles. The molecule has 0 aliphatic heterocycles. The zero-order chi connectivity index (χ0) is 13.3. The summed E-state index contributed by atoms with van der Waals surface area (Å²) < 4.78 is 10.8. The fraction of sp³-hybridized carbons (Fsp3) is 0.917. The molecule has 0 heterocycles. The van der Waals surface area contributed by atoms with Crippen LogP contribution in [0.15, 0.2) is 0 Å². The van der Waals surface area contributed by atoms with Crippen LogP contribution in [0.25, 0.3) is 0 Å². The van der Waals surface area contributed by atoms with Gasteiger partial charge in [-0.2, -0.15) is 0 Å². The van der Waals surface area contributed by atoms with Gasteiger partial charge in [0.15, 0.2) is 0 Å². The molecule has 0 aromatic carbocycles. The zero-order valence-corrected chi connectivity index (χ0v) is 12.2. The second kappa shape index (κ2) is 9.59. The molecule has 1 amide bonds. The predicted molar refractivity (Wildman–Crippen MR) is 73.5 cm³/mol. The van der Waals surface area contributed by atoms with Gasteiger partial charge in [0.1, 0.15) is 0 Å². The molecule has 0 spiro atoms. The van der Waals surface area contributed by atoms with Gasteiger partial charge in [0, 0.05) is 28.9 Å². The minimum atomic E-state index is -0.743.